The van der Waals surface area contributed by atoms with Gasteiger partial charge in [-0.25, -0.2) is 0 Å². The van der Waals surface area contributed by atoms with Crippen molar-refractivity contribution in [2.75, 3.05) is 36.4 Å². The first-order valence-electron chi connectivity index (χ1n) is 9.90. The van der Waals surface area contributed by atoms with Crippen LogP contribution >= 0.6 is 0 Å². The average Bonchev–Trinajstić information content (AvgIpc) is 2.80. The van der Waals surface area contributed by atoms with E-state index < -0.39 is 0 Å². The first-order valence-corrected chi connectivity index (χ1v) is 9.90. The van der Waals surface area contributed by atoms with E-state index in [2.05, 4.69) is 10.2 Å². The van der Waals surface area contributed by atoms with Crippen LogP contribution in [0.15, 0.2) is 78.9 Å². The Morgan fingerprint density at radius 3 is 2.13 bits per heavy atom. The van der Waals surface area contributed by atoms with Crippen LogP contribution in [0.4, 0.5) is 11.4 Å². The normalized spacial score (nSPS) is 13.7. The number of nitrogens with one attached hydrogen (secondary N) is 1. The second kappa shape index (κ2) is 8.69. The molecule has 1 saturated heterocycles. The highest BCUT2D eigenvalue weighted by Crippen LogP contribution is 2.22. The number of aromatic hydroxyl groups is 1. The number of benzene rings is 3. The Morgan fingerprint density at radius 1 is 0.767 bits per heavy atom. The summed E-state index contributed by atoms with van der Waals surface area (Å²) in [5.74, 6) is 0.0368. The Balaban J connectivity index is 1.34. The minimum atomic E-state index is -0.183. The second-order valence-electron chi connectivity index (χ2n) is 7.20. The molecule has 0 radical (unpaired) electrons. The number of amides is 2. The van der Waals surface area contributed by atoms with Crippen molar-refractivity contribution in [3.8, 4) is 5.75 Å². The van der Waals surface area contributed by atoms with E-state index in [1.54, 1.807) is 48.5 Å². The van der Waals surface area contributed by atoms with Gasteiger partial charge in [-0.1, -0.05) is 24.3 Å². The van der Waals surface area contributed by atoms with Crippen LogP contribution in [-0.2, 0) is 0 Å². The molecule has 3 aromatic rings. The van der Waals surface area contributed by atoms with E-state index >= 15 is 0 Å². The average molecular weight is 401 g/mol. The molecule has 6 nitrogen and oxygen atoms in total. The number of rotatable bonds is 4. The molecule has 4 rings (SSSR count). The van der Waals surface area contributed by atoms with Crippen molar-refractivity contribution >= 4 is 23.2 Å². The third kappa shape index (κ3) is 4.43. The molecule has 6 heteroatoms. The Morgan fingerprint density at radius 2 is 1.47 bits per heavy atom. The molecular formula is C24H23N3O3. The molecule has 1 fully saturated rings. The summed E-state index contributed by atoms with van der Waals surface area (Å²) in [5.41, 5.74) is 2.79. The third-order valence-corrected chi connectivity index (χ3v) is 5.19. The van der Waals surface area contributed by atoms with Crippen molar-refractivity contribution in [1.82, 2.24) is 4.90 Å². The second-order valence-corrected chi connectivity index (χ2v) is 7.20. The fourth-order valence-corrected chi connectivity index (χ4v) is 3.53. The lowest BCUT2D eigenvalue weighted by atomic mass is 10.1. The molecule has 0 unspecified atom stereocenters. The largest absolute Gasteiger partial charge is 0.508 e. The van der Waals surface area contributed by atoms with E-state index in [-0.39, 0.29) is 17.6 Å². The van der Waals surface area contributed by atoms with E-state index in [4.69, 9.17) is 0 Å². The van der Waals surface area contributed by atoms with Gasteiger partial charge in [0.1, 0.15) is 5.75 Å². The molecule has 3 aromatic carbocycles. The number of nitrogens with zero attached hydrogens (tertiary/aromatic N) is 2. The number of anilines is 2. The highest BCUT2D eigenvalue weighted by molar-refractivity contribution is 6.04. The first-order chi connectivity index (χ1) is 14.6. The van der Waals surface area contributed by atoms with Crippen molar-refractivity contribution < 1.29 is 14.7 Å². The van der Waals surface area contributed by atoms with Gasteiger partial charge in [0.05, 0.1) is 0 Å². The van der Waals surface area contributed by atoms with Crippen LogP contribution in [0.5, 0.6) is 5.75 Å². The van der Waals surface area contributed by atoms with Gasteiger partial charge in [0, 0.05) is 54.7 Å². The summed E-state index contributed by atoms with van der Waals surface area (Å²) in [6.45, 7) is 2.64. The molecule has 0 spiro atoms. The highest BCUT2D eigenvalue weighted by atomic mass is 16.3. The van der Waals surface area contributed by atoms with Gasteiger partial charge in [-0.05, 0) is 48.5 Å². The number of phenols is 1. The predicted octanol–water partition coefficient (Wildman–Crippen LogP) is 3.61. The maximum Gasteiger partial charge on any atom is 0.255 e. The Hall–Kier alpha value is -3.80. The number of piperazine rings is 1. The molecule has 0 bridgehead atoms. The van der Waals surface area contributed by atoms with Gasteiger partial charge in [-0.3, -0.25) is 9.59 Å². The number of hydrogen-bond donors (Lipinski definition) is 2. The quantitative estimate of drug-likeness (QED) is 0.701. The van der Waals surface area contributed by atoms with Crippen LogP contribution < -0.4 is 10.2 Å². The Kier molecular flexibility index (Phi) is 5.66. The summed E-state index contributed by atoms with van der Waals surface area (Å²) < 4.78 is 0. The first kappa shape index (κ1) is 19.5. The van der Waals surface area contributed by atoms with Gasteiger partial charge in [0.15, 0.2) is 0 Å². The molecule has 1 aliphatic rings. The molecule has 1 aliphatic heterocycles. The monoisotopic (exact) mass is 401 g/mol. The SMILES string of the molecule is O=C(Nc1ccc(C(=O)N2CCN(c3cccc(O)c3)CC2)cc1)c1ccccc1. The molecule has 0 aromatic heterocycles. The highest BCUT2D eigenvalue weighted by Gasteiger charge is 2.22. The number of carbonyl (C=O) groups excluding carboxylic acids is 2. The molecule has 152 valence electrons. The Labute approximate surface area is 175 Å². The zero-order chi connectivity index (χ0) is 20.9. The molecule has 2 amide bonds. The lowest BCUT2D eigenvalue weighted by molar-refractivity contribution is 0.0746. The molecule has 0 aliphatic carbocycles. The maximum atomic E-state index is 12.8. The van der Waals surface area contributed by atoms with Crippen LogP contribution in [0.1, 0.15) is 20.7 Å². The lowest BCUT2D eigenvalue weighted by Gasteiger charge is -2.36. The van der Waals surface area contributed by atoms with Gasteiger partial charge in [0.25, 0.3) is 11.8 Å². The molecule has 30 heavy (non-hydrogen) atoms. The summed E-state index contributed by atoms with van der Waals surface area (Å²) in [6.07, 6.45) is 0. The summed E-state index contributed by atoms with van der Waals surface area (Å²) in [7, 11) is 0. The molecular weight excluding hydrogens is 378 g/mol. The van der Waals surface area contributed by atoms with Crippen molar-refractivity contribution in [3.05, 3.63) is 90.0 Å². The van der Waals surface area contributed by atoms with Crippen LogP contribution in [0.3, 0.4) is 0 Å². The third-order valence-electron chi connectivity index (χ3n) is 5.19. The van der Waals surface area contributed by atoms with E-state index in [0.717, 1.165) is 5.69 Å². The minimum absolute atomic E-state index is 0.0218. The fourth-order valence-electron chi connectivity index (χ4n) is 3.53. The van der Waals surface area contributed by atoms with Gasteiger partial charge < -0.3 is 20.2 Å². The molecule has 2 N–H and O–H groups in total. The van der Waals surface area contributed by atoms with Crippen LogP contribution in [-0.4, -0.2) is 48.0 Å². The molecule has 1 heterocycles. The van der Waals surface area contributed by atoms with Gasteiger partial charge in [0.2, 0.25) is 0 Å². The van der Waals surface area contributed by atoms with Gasteiger partial charge >= 0.3 is 0 Å². The van der Waals surface area contributed by atoms with E-state index in [1.165, 1.54) is 0 Å². The number of hydrogen-bond acceptors (Lipinski definition) is 4. The molecule has 0 saturated carbocycles. The van der Waals surface area contributed by atoms with E-state index in [0.29, 0.717) is 43.0 Å². The van der Waals surface area contributed by atoms with E-state index in [9.17, 15) is 14.7 Å². The Bertz CT molecular complexity index is 1030. The topological polar surface area (TPSA) is 72.9 Å². The summed E-state index contributed by atoms with van der Waals surface area (Å²) in [6, 6.07) is 23.1. The van der Waals surface area contributed by atoms with Crippen molar-refractivity contribution in [2.45, 2.75) is 0 Å². The van der Waals surface area contributed by atoms with Crippen LogP contribution in [0.2, 0.25) is 0 Å². The maximum absolute atomic E-state index is 12.8. The zero-order valence-electron chi connectivity index (χ0n) is 16.5. The van der Waals surface area contributed by atoms with Gasteiger partial charge in [-0.15, -0.1) is 0 Å². The van der Waals surface area contributed by atoms with Crippen LogP contribution in [0, 0.1) is 0 Å². The zero-order valence-corrected chi connectivity index (χ0v) is 16.5. The predicted molar refractivity (Wildman–Crippen MR) is 117 cm³/mol. The van der Waals surface area contributed by atoms with Crippen molar-refractivity contribution in [3.63, 3.8) is 0 Å². The minimum Gasteiger partial charge on any atom is -0.508 e. The smallest absolute Gasteiger partial charge is 0.255 e. The standard InChI is InChI=1S/C24H23N3O3/c28-22-8-4-7-21(17-22)26-13-15-27(16-14-26)24(30)19-9-11-20(12-10-19)25-23(29)18-5-2-1-3-6-18/h1-12,17,28H,13-16H2,(H,25,29). The number of carbonyl (C=O) groups is 2. The fraction of sp³-hybridized carbons (Fsp3) is 0.167. The summed E-state index contributed by atoms with van der Waals surface area (Å²) in [4.78, 5) is 29.1. The van der Waals surface area contributed by atoms with Gasteiger partial charge in [-0.2, -0.15) is 0 Å². The van der Waals surface area contributed by atoms with Crippen LogP contribution in [0.25, 0.3) is 0 Å². The van der Waals surface area contributed by atoms with Crippen molar-refractivity contribution in [1.29, 1.82) is 0 Å². The summed E-state index contributed by atoms with van der Waals surface area (Å²) in [5, 5.41) is 12.5. The lowest BCUT2D eigenvalue weighted by Crippen LogP contribution is -2.48. The number of phenolic OH excluding ortho intramolecular Hbond substituents is 1. The van der Waals surface area contributed by atoms with Crippen molar-refractivity contribution in [2.24, 2.45) is 0 Å². The molecule has 0 atom stereocenters. The summed E-state index contributed by atoms with van der Waals surface area (Å²) >= 11 is 0. The van der Waals surface area contributed by atoms with E-state index in [1.807, 2.05) is 35.2 Å².